The number of carbonyl (C=O) groups is 7. The Bertz CT molecular complexity index is 1810. The van der Waals surface area contributed by atoms with E-state index in [0.717, 1.165) is 9.80 Å². The normalized spacial score (nSPS) is 26.8. The number of cyclic esters (lactones) is 1. The second-order valence-electron chi connectivity index (χ2n) is 15.9. The zero-order valence-corrected chi connectivity index (χ0v) is 36.9. The number of hydrogen-bond acceptors (Lipinski definition) is 13. The molecule has 21 nitrogen and oxygen atoms in total. The zero-order chi connectivity index (χ0) is 46.6. The van der Waals surface area contributed by atoms with Gasteiger partial charge >= 0.3 is 5.97 Å². The summed E-state index contributed by atoms with van der Waals surface area (Å²) in [6, 6.07) is -3.86. The second kappa shape index (κ2) is 23.3. The highest BCUT2D eigenvalue weighted by Gasteiger charge is 2.47. The van der Waals surface area contributed by atoms with Crippen molar-refractivity contribution in [3.63, 3.8) is 0 Å². The molecule has 2 bridgehead atoms. The molecular weight excluding hydrogens is 834 g/mol. The van der Waals surface area contributed by atoms with Crippen molar-refractivity contribution in [2.75, 3.05) is 27.3 Å². The summed E-state index contributed by atoms with van der Waals surface area (Å²) < 4.78 is 11.0. The molecule has 0 spiro atoms. The van der Waals surface area contributed by atoms with Crippen LogP contribution >= 0.6 is 11.6 Å². The topological polar surface area (TPSA) is 318 Å². The summed E-state index contributed by atoms with van der Waals surface area (Å²) in [5, 5.41) is 41.2. The molecule has 0 saturated carbocycles. The predicted octanol–water partition coefficient (Wildman–Crippen LogP) is -1.98. The number of piperidine rings is 1. The molecule has 2 aliphatic heterocycles. The maximum Gasteiger partial charge on any atom is 0.329 e. The van der Waals surface area contributed by atoms with Gasteiger partial charge in [0.1, 0.15) is 54.3 Å². The number of hydrogen-bond donors (Lipinski definition) is 9. The van der Waals surface area contributed by atoms with E-state index in [2.05, 4.69) is 26.3 Å². The molecule has 6 amide bonds. The Morgan fingerprint density at radius 3 is 2.31 bits per heavy atom. The van der Waals surface area contributed by atoms with Gasteiger partial charge in [-0.3, -0.25) is 33.8 Å². The molecule has 2 aliphatic rings. The van der Waals surface area contributed by atoms with Crippen LogP contribution in [0, 0.1) is 11.8 Å². The van der Waals surface area contributed by atoms with E-state index in [1.54, 1.807) is 45.9 Å². The fraction of sp³-hybridized carbons (Fsp3) is 0.650. The second-order valence-corrected chi connectivity index (χ2v) is 16.3. The minimum Gasteiger partial charge on any atom is -0.495 e. The van der Waals surface area contributed by atoms with Crippen LogP contribution < -0.4 is 37.5 Å². The summed E-state index contributed by atoms with van der Waals surface area (Å²) in [6.45, 7) is 6.96. The summed E-state index contributed by atoms with van der Waals surface area (Å²) in [7, 11) is 2.79. The molecular formula is C40H62ClN9O12. The van der Waals surface area contributed by atoms with Crippen molar-refractivity contribution < 1.29 is 58.4 Å². The molecule has 2 saturated heterocycles. The molecule has 0 aliphatic carbocycles. The van der Waals surface area contributed by atoms with E-state index in [4.69, 9.17) is 32.5 Å². The number of fused-ring (bicyclic) bond motifs is 2. The Labute approximate surface area is 365 Å². The Hall–Kier alpha value is -5.25. The summed E-state index contributed by atoms with van der Waals surface area (Å²) in [6.07, 6.45) is -4.90. The molecule has 3 unspecified atom stereocenters. The number of halogens is 1. The molecule has 1 aromatic carbocycles. The number of aliphatic hydroxyl groups is 3. The smallest absolute Gasteiger partial charge is 0.329 e. The van der Waals surface area contributed by atoms with Gasteiger partial charge in [0.25, 0.3) is 5.91 Å². The SMILES string of the molecule is CC[C@H](C)[C@H]1C(=O)N(C)C(Cc2ccc(OC)c(Cl)c2)C(=O)NC(C(C)C)C(=O)O[C@H](C)C(NC(=O)[C@H](O)CO)C(=O)N[C@@H](CCCN=C(N)N)C(=O)N[C@H]2CC[C@@H](O)N1C2=O. The van der Waals surface area contributed by atoms with Crippen LogP contribution in [0.5, 0.6) is 5.75 Å². The first kappa shape index (κ1) is 51.1. The summed E-state index contributed by atoms with van der Waals surface area (Å²) >= 11 is 6.44. The number of nitrogens with zero attached hydrogens (tertiary/aromatic N) is 3. The number of ether oxygens (including phenoxy) is 2. The van der Waals surface area contributed by atoms with Gasteiger partial charge in [0.05, 0.1) is 18.7 Å². The molecule has 3 rings (SSSR count). The third kappa shape index (κ3) is 13.1. The number of nitrogens with one attached hydrogen (secondary N) is 4. The lowest BCUT2D eigenvalue weighted by Crippen LogP contribution is -2.66. The van der Waals surface area contributed by atoms with Gasteiger partial charge in [0.2, 0.25) is 29.5 Å². The number of guanidine groups is 1. The molecule has 2 fully saturated rings. The molecule has 0 radical (unpaired) electrons. The van der Waals surface area contributed by atoms with Crippen LogP contribution in [0.4, 0.5) is 0 Å². The van der Waals surface area contributed by atoms with Gasteiger partial charge in [-0.15, -0.1) is 0 Å². The average molecular weight is 896 g/mol. The molecule has 10 atom stereocenters. The minimum absolute atomic E-state index is 0.0300. The number of aliphatic imine (C=N–C) groups is 1. The van der Waals surface area contributed by atoms with Gasteiger partial charge in [0.15, 0.2) is 12.1 Å². The van der Waals surface area contributed by atoms with Crippen molar-refractivity contribution in [3.05, 3.63) is 28.8 Å². The number of amides is 6. The van der Waals surface area contributed by atoms with Crippen LogP contribution in [0.15, 0.2) is 23.2 Å². The number of methoxy groups -OCH3 is 1. The van der Waals surface area contributed by atoms with E-state index in [0.29, 0.717) is 17.7 Å². The number of rotatable bonds is 13. The third-order valence-electron chi connectivity index (χ3n) is 11.0. The van der Waals surface area contributed by atoms with Crippen LogP contribution in [-0.4, -0.2) is 154 Å². The van der Waals surface area contributed by atoms with Gasteiger partial charge in [0, 0.05) is 20.0 Å². The monoisotopic (exact) mass is 895 g/mol. The predicted molar refractivity (Wildman–Crippen MR) is 225 cm³/mol. The molecule has 11 N–H and O–H groups in total. The van der Waals surface area contributed by atoms with Crippen LogP contribution in [0.25, 0.3) is 0 Å². The molecule has 1 aromatic rings. The first-order valence-electron chi connectivity index (χ1n) is 20.5. The van der Waals surface area contributed by atoms with Crippen molar-refractivity contribution in [3.8, 4) is 5.75 Å². The summed E-state index contributed by atoms with van der Waals surface area (Å²) in [4.78, 5) is 105. The lowest BCUT2D eigenvalue weighted by molar-refractivity contribution is -0.168. The quantitative estimate of drug-likeness (QED) is 0.0449. The van der Waals surface area contributed by atoms with Crippen molar-refractivity contribution in [1.29, 1.82) is 0 Å². The van der Waals surface area contributed by atoms with E-state index < -0.39 is 115 Å². The van der Waals surface area contributed by atoms with E-state index in [1.807, 2.05) is 0 Å². The van der Waals surface area contributed by atoms with Crippen LogP contribution in [0.1, 0.15) is 72.3 Å². The molecule has 2 heterocycles. The van der Waals surface area contributed by atoms with E-state index >= 15 is 0 Å². The first-order valence-corrected chi connectivity index (χ1v) is 20.9. The number of esters is 1. The number of carbonyl (C=O) groups excluding carboxylic acids is 7. The van der Waals surface area contributed by atoms with Crippen molar-refractivity contribution >= 4 is 59.0 Å². The first-order chi connectivity index (χ1) is 29.2. The maximum absolute atomic E-state index is 14.8. The Morgan fingerprint density at radius 2 is 1.73 bits per heavy atom. The summed E-state index contributed by atoms with van der Waals surface area (Å²) in [5.74, 6) is -7.66. The van der Waals surface area contributed by atoms with Crippen LogP contribution in [-0.2, 0) is 44.7 Å². The average Bonchev–Trinajstić information content (AvgIpc) is 3.22. The maximum atomic E-state index is 14.8. The fourth-order valence-corrected chi connectivity index (χ4v) is 7.44. The highest BCUT2D eigenvalue weighted by atomic mass is 35.5. The van der Waals surface area contributed by atoms with Crippen molar-refractivity contribution in [2.24, 2.45) is 28.3 Å². The van der Waals surface area contributed by atoms with Gasteiger partial charge in [-0.25, -0.2) is 4.79 Å². The van der Waals surface area contributed by atoms with Crippen LogP contribution in [0.2, 0.25) is 5.02 Å². The van der Waals surface area contributed by atoms with Gasteiger partial charge in [-0.1, -0.05) is 51.8 Å². The molecule has 22 heteroatoms. The Kier molecular flexibility index (Phi) is 19.2. The number of benzene rings is 1. The molecule has 346 valence electrons. The summed E-state index contributed by atoms with van der Waals surface area (Å²) in [5.41, 5.74) is 11.4. The lowest BCUT2D eigenvalue weighted by Gasteiger charge is -2.44. The van der Waals surface area contributed by atoms with E-state index in [1.165, 1.54) is 21.1 Å². The third-order valence-corrected chi connectivity index (χ3v) is 11.3. The van der Waals surface area contributed by atoms with E-state index in [-0.39, 0.29) is 49.6 Å². The standard InChI is InChI=1S/C40H62ClN9O12/c1-8-20(4)32-38(59)49(6)26(17-22-11-13-28(61-7)23(41)16-22)34(55)47-30(19(2)3)39(60)62-21(5)31(48-35(56)27(52)18-51)36(57)45-24(10-9-15-44-40(42)43)33(54)46-25-12-14-29(53)50(32)37(25)58/h11,13,16,19-21,24-27,29-32,51-53H,8-10,12,14-15,17-18H2,1-7H3,(H,45,57)(H,46,54)(H,47,55)(H,48,56)(H4,42,43,44)/t20-,21+,24-,25-,26?,27+,29+,30?,31?,32-/m0/s1. The molecule has 62 heavy (non-hydrogen) atoms. The number of nitrogens with two attached hydrogens (primary N) is 2. The Morgan fingerprint density at radius 1 is 1.05 bits per heavy atom. The van der Waals surface area contributed by atoms with Crippen molar-refractivity contribution in [1.82, 2.24) is 31.1 Å². The lowest BCUT2D eigenvalue weighted by atomic mass is 9.91. The van der Waals surface area contributed by atoms with Crippen molar-refractivity contribution in [2.45, 2.75) is 128 Å². The van der Waals surface area contributed by atoms with Gasteiger partial charge in [-0.2, -0.15) is 0 Å². The zero-order valence-electron chi connectivity index (χ0n) is 36.1. The van der Waals surface area contributed by atoms with E-state index in [9.17, 15) is 48.9 Å². The number of likely N-dealkylation sites (N-methyl/N-ethyl adjacent to an activating group) is 1. The highest BCUT2D eigenvalue weighted by molar-refractivity contribution is 6.32. The largest absolute Gasteiger partial charge is 0.495 e. The fourth-order valence-electron chi connectivity index (χ4n) is 7.16. The van der Waals surface area contributed by atoms with Crippen LogP contribution in [0.3, 0.4) is 0 Å². The Balaban J connectivity index is 2.25. The number of aliphatic hydroxyl groups excluding tert-OH is 3. The van der Waals surface area contributed by atoms with Gasteiger partial charge in [-0.05, 0) is 62.1 Å². The highest BCUT2D eigenvalue weighted by Crippen LogP contribution is 2.29. The molecule has 0 aromatic heterocycles. The minimum atomic E-state index is -1.99. The van der Waals surface area contributed by atoms with Gasteiger partial charge < -0.3 is 67.3 Å².